The number of hydrogen-bond donors (Lipinski definition) is 1. The van der Waals surface area contributed by atoms with Crippen molar-refractivity contribution in [3.63, 3.8) is 0 Å². The Kier molecular flexibility index (Phi) is 2.33. The van der Waals surface area contributed by atoms with Crippen LogP contribution in [0, 0.1) is 0 Å². The number of fused-ring (bicyclic) bond motifs is 1. The maximum absolute atomic E-state index is 10.8. The van der Waals surface area contributed by atoms with Crippen molar-refractivity contribution in [2.45, 2.75) is 6.42 Å². The third kappa shape index (κ3) is 1.66. The van der Waals surface area contributed by atoms with Gasteiger partial charge in [0.2, 0.25) is 5.91 Å². The molecule has 0 atom stereocenters. The van der Waals surface area contributed by atoms with E-state index in [2.05, 4.69) is 0 Å². The molecule has 0 saturated carbocycles. The summed E-state index contributed by atoms with van der Waals surface area (Å²) in [5.74, 6) is 0.352. The summed E-state index contributed by atoms with van der Waals surface area (Å²) in [4.78, 5) is 10.8. The molecule has 2 rings (SSSR count). The fourth-order valence-corrected chi connectivity index (χ4v) is 1.60. The zero-order valence-electron chi connectivity index (χ0n) is 8.32. The van der Waals surface area contributed by atoms with E-state index >= 15 is 0 Å². The Morgan fingerprint density at radius 3 is 2.93 bits per heavy atom. The van der Waals surface area contributed by atoms with Crippen LogP contribution in [-0.4, -0.2) is 13.0 Å². The summed E-state index contributed by atoms with van der Waals surface area (Å²) in [6, 6.07) is 5.39. The largest absolute Gasteiger partial charge is 0.496 e. The van der Waals surface area contributed by atoms with Gasteiger partial charge in [-0.25, -0.2) is 0 Å². The Morgan fingerprint density at radius 2 is 2.27 bits per heavy atom. The normalized spacial score (nSPS) is 10.5. The molecule has 2 aromatic rings. The van der Waals surface area contributed by atoms with Crippen molar-refractivity contribution in [1.29, 1.82) is 0 Å². The number of rotatable bonds is 3. The van der Waals surface area contributed by atoms with Crippen LogP contribution in [0.5, 0.6) is 5.75 Å². The third-order valence-electron chi connectivity index (χ3n) is 2.24. The number of hydrogen-bond acceptors (Lipinski definition) is 3. The summed E-state index contributed by atoms with van der Waals surface area (Å²) in [5.41, 5.74) is 6.58. The SMILES string of the molecule is COc1ccc(CC(N)=O)c2occc12. The smallest absolute Gasteiger partial charge is 0.221 e. The summed E-state index contributed by atoms with van der Waals surface area (Å²) in [6.45, 7) is 0. The van der Waals surface area contributed by atoms with Gasteiger partial charge in [-0.1, -0.05) is 6.07 Å². The maximum Gasteiger partial charge on any atom is 0.221 e. The molecule has 2 N–H and O–H groups in total. The van der Waals surface area contributed by atoms with Crippen molar-refractivity contribution in [3.05, 3.63) is 30.0 Å². The Hall–Kier alpha value is -1.97. The van der Waals surface area contributed by atoms with Gasteiger partial charge in [0.25, 0.3) is 0 Å². The molecule has 0 aliphatic heterocycles. The van der Waals surface area contributed by atoms with Crippen LogP contribution in [-0.2, 0) is 11.2 Å². The van der Waals surface area contributed by atoms with Gasteiger partial charge in [0.15, 0.2) is 0 Å². The van der Waals surface area contributed by atoms with E-state index in [0.29, 0.717) is 5.58 Å². The highest BCUT2D eigenvalue weighted by Gasteiger charge is 2.10. The molecule has 0 bridgehead atoms. The molecule has 1 amide bonds. The highest BCUT2D eigenvalue weighted by atomic mass is 16.5. The molecular weight excluding hydrogens is 194 g/mol. The van der Waals surface area contributed by atoms with Crippen LogP contribution >= 0.6 is 0 Å². The second-order valence-corrected chi connectivity index (χ2v) is 3.23. The van der Waals surface area contributed by atoms with Gasteiger partial charge < -0.3 is 14.9 Å². The molecule has 4 heteroatoms. The Labute approximate surface area is 86.6 Å². The minimum Gasteiger partial charge on any atom is -0.496 e. The lowest BCUT2D eigenvalue weighted by atomic mass is 10.1. The molecular formula is C11H11NO3. The van der Waals surface area contributed by atoms with Crippen LogP contribution in [0.1, 0.15) is 5.56 Å². The van der Waals surface area contributed by atoms with E-state index < -0.39 is 0 Å². The van der Waals surface area contributed by atoms with E-state index in [4.69, 9.17) is 14.9 Å². The summed E-state index contributed by atoms with van der Waals surface area (Å²) >= 11 is 0. The van der Waals surface area contributed by atoms with Gasteiger partial charge in [0.05, 0.1) is 25.2 Å². The van der Waals surface area contributed by atoms with Crippen molar-refractivity contribution in [3.8, 4) is 5.75 Å². The minimum absolute atomic E-state index is 0.175. The predicted octanol–water partition coefficient (Wildman–Crippen LogP) is 1.47. The molecule has 1 aromatic heterocycles. The first-order valence-corrected chi connectivity index (χ1v) is 4.53. The van der Waals surface area contributed by atoms with Crippen LogP contribution < -0.4 is 10.5 Å². The molecule has 1 heterocycles. The van der Waals surface area contributed by atoms with E-state index in [9.17, 15) is 4.79 Å². The van der Waals surface area contributed by atoms with Crippen molar-refractivity contribution in [2.24, 2.45) is 5.73 Å². The number of nitrogens with two attached hydrogens (primary N) is 1. The van der Waals surface area contributed by atoms with Crippen molar-refractivity contribution >= 4 is 16.9 Å². The fraction of sp³-hybridized carbons (Fsp3) is 0.182. The summed E-state index contributed by atoms with van der Waals surface area (Å²) in [7, 11) is 1.59. The summed E-state index contributed by atoms with van der Waals surface area (Å²) in [6.07, 6.45) is 1.74. The van der Waals surface area contributed by atoms with E-state index in [0.717, 1.165) is 16.7 Å². The molecule has 0 fully saturated rings. The van der Waals surface area contributed by atoms with Gasteiger partial charge in [0.1, 0.15) is 11.3 Å². The molecule has 0 unspecified atom stereocenters. The fourth-order valence-electron chi connectivity index (χ4n) is 1.60. The molecule has 1 aromatic carbocycles. The molecule has 0 aliphatic rings. The molecule has 0 aliphatic carbocycles. The van der Waals surface area contributed by atoms with Gasteiger partial charge >= 0.3 is 0 Å². The average Bonchev–Trinajstić information content (AvgIpc) is 2.66. The zero-order valence-corrected chi connectivity index (χ0v) is 8.32. The Bertz CT molecular complexity index is 502. The number of methoxy groups -OCH3 is 1. The topological polar surface area (TPSA) is 65.5 Å². The predicted molar refractivity (Wildman–Crippen MR) is 55.7 cm³/mol. The molecule has 78 valence electrons. The molecule has 0 radical (unpaired) electrons. The number of primary amides is 1. The van der Waals surface area contributed by atoms with E-state index in [-0.39, 0.29) is 12.3 Å². The number of carbonyl (C=O) groups is 1. The van der Waals surface area contributed by atoms with Crippen molar-refractivity contribution in [2.75, 3.05) is 7.11 Å². The van der Waals surface area contributed by atoms with Crippen LogP contribution in [0.4, 0.5) is 0 Å². The van der Waals surface area contributed by atoms with E-state index in [1.54, 1.807) is 31.6 Å². The van der Waals surface area contributed by atoms with Crippen LogP contribution in [0.3, 0.4) is 0 Å². The Morgan fingerprint density at radius 1 is 1.47 bits per heavy atom. The third-order valence-corrected chi connectivity index (χ3v) is 2.24. The van der Waals surface area contributed by atoms with Gasteiger partial charge in [-0.2, -0.15) is 0 Å². The number of carbonyl (C=O) groups excluding carboxylic acids is 1. The highest BCUT2D eigenvalue weighted by Crippen LogP contribution is 2.29. The molecule has 0 spiro atoms. The average molecular weight is 205 g/mol. The van der Waals surface area contributed by atoms with E-state index in [1.807, 2.05) is 0 Å². The minimum atomic E-state index is -0.377. The standard InChI is InChI=1S/C11H11NO3/c1-14-9-3-2-7(6-10(12)13)11-8(9)4-5-15-11/h2-5H,6H2,1H3,(H2,12,13). The molecule has 15 heavy (non-hydrogen) atoms. The second kappa shape index (κ2) is 3.65. The van der Waals surface area contributed by atoms with Gasteiger partial charge in [-0.3, -0.25) is 4.79 Å². The number of ether oxygens (including phenoxy) is 1. The van der Waals surface area contributed by atoms with Crippen molar-refractivity contribution in [1.82, 2.24) is 0 Å². The lowest BCUT2D eigenvalue weighted by Crippen LogP contribution is -2.13. The molecule has 0 saturated heterocycles. The van der Waals surface area contributed by atoms with Gasteiger partial charge in [0, 0.05) is 5.56 Å². The van der Waals surface area contributed by atoms with Crippen molar-refractivity contribution < 1.29 is 13.9 Å². The Balaban J connectivity index is 2.58. The summed E-state index contributed by atoms with van der Waals surface area (Å²) < 4.78 is 10.5. The van der Waals surface area contributed by atoms with Crippen LogP contribution in [0.2, 0.25) is 0 Å². The zero-order chi connectivity index (χ0) is 10.8. The monoisotopic (exact) mass is 205 g/mol. The first kappa shape index (κ1) is 9.58. The lowest BCUT2D eigenvalue weighted by Gasteiger charge is -2.04. The highest BCUT2D eigenvalue weighted by molar-refractivity contribution is 5.90. The number of benzene rings is 1. The van der Waals surface area contributed by atoms with Crippen LogP contribution in [0.15, 0.2) is 28.9 Å². The molecule has 4 nitrogen and oxygen atoms in total. The quantitative estimate of drug-likeness (QED) is 0.825. The van der Waals surface area contributed by atoms with E-state index in [1.165, 1.54) is 0 Å². The second-order valence-electron chi connectivity index (χ2n) is 3.23. The van der Waals surface area contributed by atoms with Gasteiger partial charge in [-0.05, 0) is 12.1 Å². The number of amides is 1. The maximum atomic E-state index is 10.8. The number of furan rings is 1. The van der Waals surface area contributed by atoms with Crippen LogP contribution in [0.25, 0.3) is 11.0 Å². The summed E-state index contributed by atoms with van der Waals surface area (Å²) in [5, 5.41) is 0.858. The van der Waals surface area contributed by atoms with Gasteiger partial charge in [-0.15, -0.1) is 0 Å². The first-order valence-electron chi connectivity index (χ1n) is 4.53. The first-order chi connectivity index (χ1) is 7.22. The lowest BCUT2D eigenvalue weighted by molar-refractivity contribution is -0.117.